The molecule has 0 aliphatic heterocycles. The molecule has 0 saturated carbocycles. The first-order valence-corrected chi connectivity index (χ1v) is 10.3. The van der Waals surface area contributed by atoms with Crippen LogP contribution in [-0.2, 0) is 13.0 Å². The van der Waals surface area contributed by atoms with Gasteiger partial charge in [-0.3, -0.25) is 9.78 Å². The highest BCUT2D eigenvalue weighted by molar-refractivity contribution is 5.90. The van der Waals surface area contributed by atoms with Gasteiger partial charge in [0.2, 0.25) is 0 Å². The molecule has 0 unspecified atom stereocenters. The van der Waals surface area contributed by atoms with Crippen LogP contribution in [-0.4, -0.2) is 32.7 Å². The van der Waals surface area contributed by atoms with Gasteiger partial charge in [0.1, 0.15) is 0 Å². The molecule has 0 saturated heterocycles. The molecule has 0 fully saturated rings. The van der Waals surface area contributed by atoms with Crippen molar-refractivity contribution in [3.8, 4) is 11.3 Å². The van der Waals surface area contributed by atoms with Crippen molar-refractivity contribution in [3.05, 3.63) is 113 Å². The van der Waals surface area contributed by atoms with Gasteiger partial charge in [-0.2, -0.15) is 5.10 Å². The molecule has 2 amide bonds. The summed E-state index contributed by atoms with van der Waals surface area (Å²) in [6.45, 7) is 1.01. The van der Waals surface area contributed by atoms with Crippen molar-refractivity contribution < 1.29 is 4.79 Å². The molecule has 0 aliphatic rings. The van der Waals surface area contributed by atoms with Crippen molar-refractivity contribution in [2.45, 2.75) is 13.0 Å². The zero-order valence-corrected chi connectivity index (χ0v) is 17.4. The van der Waals surface area contributed by atoms with Crippen LogP contribution in [0.1, 0.15) is 11.1 Å². The number of hydrogen-bond acceptors (Lipinski definition) is 4. The first-order valence-electron chi connectivity index (χ1n) is 10.3. The van der Waals surface area contributed by atoms with E-state index in [2.05, 4.69) is 32.6 Å². The number of nitrogens with one attached hydrogen (secondary N) is 2. The Bertz CT molecular complexity index is 1210. The normalized spacial score (nSPS) is 10.5. The molecule has 0 aliphatic carbocycles. The Morgan fingerprint density at radius 2 is 1.78 bits per heavy atom. The fourth-order valence-corrected chi connectivity index (χ4v) is 3.34. The number of amides is 2. The Morgan fingerprint density at radius 3 is 2.53 bits per heavy atom. The third kappa shape index (κ3) is 5.66. The highest BCUT2D eigenvalue weighted by Gasteiger charge is 2.15. The van der Waals surface area contributed by atoms with Crippen LogP contribution < -0.4 is 10.9 Å². The van der Waals surface area contributed by atoms with Crippen LogP contribution in [0, 0.1) is 0 Å². The maximum absolute atomic E-state index is 13.2. The van der Waals surface area contributed by atoms with E-state index >= 15 is 0 Å². The van der Waals surface area contributed by atoms with Gasteiger partial charge >= 0.3 is 6.03 Å². The van der Waals surface area contributed by atoms with Gasteiger partial charge in [0, 0.05) is 42.8 Å². The Labute approximate surface area is 185 Å². The summed E-state index contributed by atoms with van der Waals surface area (Å²) in [6.07, 6.45) is 4.23. The third-order valence-electron chi connectivity index (χ3n) is 4.99. The Kier molecular flexibility index (Phi) is 6.67. The molecule has 2 heterocycles. The Morgan fingerprint density at radius 1 is 0.938 bits per heavy atom. The molecule has 7 nitrogen and oxygen atoms in total. The number of nitrogens with zero attached hydrogens (tertiary/aromatic N) is 3. The molecule has 0 radical (unpaired) electrons. The molecular formula is C25H23N5O2. The SMILES string of the molecule is O=C(Nc1cccc(-c2ccc(=O)[nH]n2)c1)N(CCc1ccccc1)Cc1cccnc1. The molecule has 7 heteroatoms. The lowest BCUT2D eigenvalue weighted by Crippen LogP contribution is -2.36. The summed E-state index contributed by atoms with van der Waals surface area (Å²) in [5, 5.41) is 9.47. The van der Waals surface area contributed by atoms with Gasteiger partial charge in [0.05, 0.1) is 5.69 Å². The van der Waals surface area contributed by atoms with Gasteiger partial charge in [-0.1, -0.05) is 48.5 Å². The standard InChI is InChI=1S/C25H23N5O2/c31-24-12-11-23(28-29-24)21-9-4-10-22(16-21)27-25(32)30(18-20-8-5-14-26-17-20)15-13-19-6-2-1-3-7-19/h1-12,14,16-17H,13,15,18H2,(H,27,32)(H,29,31). The highest BCUT2D eigenvalue weighted by Crippen LogP contribution is 2.20. The van der Waals surface area contributed by atoms with Crippen LogP contribution in [0.25, 0.3) is 11.3 Å². The zero-order chi connectivity index (χ0) is 22.2. The minimum Gasteiger partial charge on any atom is -0.320 e. The van der Waals surface area contributed by atoms with Crippen LogP contribution in [0.3, 0.4) is 0 Å². The summed E-state index contributed by atoms with van der Waals surface area (Å²) in [5.41, 5.74) is 3.93. The second-order valence-electron chi connectivity index (χ2n) is 7.34. The van der Waals surface area contributed by atoms with E-state index in [0.29, 0.717) is 24.5 Å². The van der Waals surface area contributed by atoms with Crippen LogP contribution >= 0.6 is 0 Å². The number of benzene rings is 2. The molecular weight excluding hydrogens is 402 g/mol. The van der Waals surface area contributed by atoms with Crippen molar-refractivity contribution in [2.24, 2.45) is 0 Å². The second-order valence-corrected chi connectivity index (χ2v) is 7.34. The number of rotatable bonds is 7. The lowest BCUT2D eigenvalue weighted by molar-refractivity contribution is 0.209. The van der Waals surface area contributed by atoms with Crippen LogP contribution in [0.5, 0.6) is 0 Å². The number of carbonyl (C=O) groups excluding carboxylic acids is 1. The molecule has 160 valence electrons. The van der Waals surface area contributed by atoms with E-state index in [1.165, 1.54) is 11.6 Å². The summed E-state index contributed by atoms with van der Waals surface area (Å²) in [7, 11) is 0. The highest BCUT2D eigenvalue weighted by atomic mass is 16.2. The van der Waals surface area contributed by atoms with Gasteiger partial charge in [0.15, 0.2) is 0 Å². The molecule has 32 heavy (non-hydrogen) atoms. The maximum Gasteiger partial charge on any atom is 0.322 e. The summed E-state index contributed by atoms with van der Waals surface area (Å²) >= 11 is 0. The summed E-state index contributed by atoms with van der Waals surface area (Å²) in [4.78, 5) is 30.4. The third-order valence-corrected chi connectivity index (χ3v) is 4.99. The lowest BCUT2D eigenvalue weighted by atomic mass is 10.1. The largest absolute Gasteiger partial charge is 0.322 e. The Hall–Kier alpha value is -4.26. The lowest BCUT2D eigenvalue weighted by Gasteiger charge is -2.23. The van der Waals surface area contributed by atoms with E-state index in [0.717, 1.165) is 17.5 Å². The topological polar surface area (TPSA) is 91.0 Å². The van der Waals surface area contributed by atoms with Crippen LogP contribution in [0.15, 0.2) is 96.1 Å². The quantitative estimate of drug-likeness (QED) is 0.466. The summed E-state index contributed by atoms with van der Waals surface area (Å²) in [5.74, 6) is 0. The molecule has 2 N–H and O–H groups in total. The smallest absolute Gasteiger partial charge is 0.320 e. The molecule has 0 bridgehead atoms. The van der Waals surface area contributed by atoms with Crippen molar-refractivity contribution >= 4 is 11.7 Å². The van der Waals surface area contributed by atoms with Gasteiger partial charge in [0.25, 0.3) is 5.56 Å². The summed E-state index contributed by atoms with van der Waals surface area (Å²) in [6, 6.07) is 24.2. The Balaban J connectivity index is 1.50. The van der Waals surface area contributed by atoms with Crippen molar-refractivity contribution in [2.75, 3.05) is 11.9 Å². The van der Waals surface area contributed by atoms with E-state index in [1.54, 1.807) is 23.4 Å². The van der Waals surface area contributed by atoms with E-state index in [1.807, 2.05) is 54.6 Å². The number of anilines is 1. The number of aromatic nitrogens is 3. The van der Waals surface area contributed by atoms with Gasteiger partial charge in [-0.15, -0.1) is 0 Å². The molecule has 4 aromatic rings. The number of urea groups is 1. The van der Waals surface area contributed by atoms with Crippen molar-refractivity contribution in [1.82, 2.24) is 20.1 Å². The minimum absolute atomic E-state index is 0.198. The average molecular weight is 425 g/mol. The first kappa shape index (κ1) is 21.0. The first-order chi connectivity index (χ1) is 15.7. The summed E-state index contributed by atoms with van der Waals surface area (Å²) < 4.78 is 0. The number of carbonyl (C=O) groups is 1. The predicted molar refractivity (Wildman–Crippen MR) is 124 cm³/mol. The van der Waals surface area contributed by atoms with E-state index in [4.69, 9.17) is 0 Å². The predicted octanol–water partition coefficient (Wildman–Crippen LogP) is 4.11. The van der Waals surface area contributed by atoms with Crippen molar-refractivity contribution in [1.29, 1.82) is 0 Å². The monoisotopic (exact) mass is 425 g/mol. The van der Waals surface area contributed by atoms with E-state index in [-0.39, 0.29) is 11.6 Å². The number of aromatic amines is 1. The zero-order valence-electron chi connectivity index (χ0n) is 17.4. The molecule has 0 spiro atoms. The van der Waals surface area contributed by atoms with Crippen LogP contribution in [0.2, 0.25) is 0 Å². The fraction of sp³-hybridized carbons (Fsp3) is 0.120. The van der Waals surface area contributed by atoms with Crippen molar-refractivity contribution in [3.63, 3.8) is 0 Å². The molecule has 2 aromatic heterocycles. The van der Waals surface area contributed by atoms with Gasteiger partial charge in [-0.25, -0.2) is 9.89 Å². The van der Waals surface area contributed by atoms with Gasteiger partial charge < -0.3 is 10.2 Å². The molecule has 2 aromatic carbocycles. The van der Waals surface area contributed by atoms with Crippen LogP contribution in [0.4, 0.5) is 10.5 Å². The number of H-pyrrole nitrogens is 1. The maximum atomic E-state index is 13.2. The van der Waals surface area contributed by atoms with E-state index in [9.17, 15) is 9.59 Å². The number of hydrogen-bond donors (Lipinski definition) is 2. The number of pyridine rings is 1. The second kappa shape index (κ2) is 10.2. The average Bonchev–Trinajstić information content (AvgIpc) is 2.83. The van der Waals surface area contributed by atoms with E-state index < -0.39 is 0 Å². The fourth-order valence-electron chi connectivity index (χ4n) is 3.34. The molecule has 4 rings (SSSR count). The molecule has 0 atom stereocenters. The minimum atomic E-state index is -0.261. The van der Waals surface area contributed by atoms with Gasteiger partial charge in [-0.05, 0) is 41.8 Å².